The van der Waals surface area contributed by atoms with E-state index in [9.17, 15) is 4.79 Å². The number of nitrogens with one attached hydrogen (secondary N) is 1. The molecule has 0 saturated carbocycles. The lowest BCUT2D eigenvalue weighted by Gasteiger charge is -2.40. The second kappa shape index (κ2) is 4.10. The van der Waals surface area contributed by atoms with Gasteiger partial charge in [-0.15, -0.1) is 0 Å². The number of anilines is 1. The summed E-state index contributed by atoms with van der Waals surface area (Å²) in [6.45, 7) is 3.73. The van der Waals surface area contributed by atoms with Gasteiger partial charge in [0, 0.05) is 31.8 Å². The van der Waals surface area contributed by atoms with Crippen molar-refractivity contribution >= 4 is 16.6 Å². The molecule has 1 aromatic carbocycles. The largest absolute Gasteiger partial charge is 0.378 e. The molecule has 0 unspecified atom stereocenters. The maximum Gasteiger partial charge on any atom is 0.345 e. The molecule has 0 spiro atoms. The van der Waals surface area contributed by atoms with E-state index >= 15 is 0 Å². The molecule has 1 N–H and O–H groups in total. The summed E-state index contributed by atoms with van der Waals surface area (Å²) in [5, 5.41) is 0.993. The smallest absolute Gasteiger partial charge is 0.345 e. The zero-order valence-electron chi connectivity index (χ0n) is 10.4. The van der Waals surface area contributed by atoms with Crippen LogP contribution in [0.5, 0.6) is 0 Å². The molecule has 2 heterocycles. The van der Waals surface area contributed by atoms with Crippen LogP contribution in [0.25, 0.3) is 10.9 Å². The second-order valence-electron chi connectivity index (χ2n) is 4.64. The minimum atomic E-state index is -0.307. The first-order valence-corrected chi connectivity index (χ1v) is 5.95. The lowest BCUT2D eigenvalue weighted by molar-refractivity contribution is 0.0789. The number of benzene rings is 1. The number of rotatable bonds is 2. The highest BCUT2D eigenvalue weighted by molar-refractivity contribution is 5.92. The molecule has 0 bridgehead atoms. The molecular formula is C13H15N3O2. The van der Waals surface area contributed by atoms with Crippen LogP contribution in [0.1, 0.15) is 5.56 Å². The van der Waals surface area contributed by atoms with Gasteiger partial charge in [0.15, 0.2) is 0 Å². The van der Waals surface area contributed by atoms with Crippen LogP contribution in [0.15, 0.2) is 23.1 Å². The van der Waals surface area contributed by atoms with Crippen molar-refractivity contribution in [2.45, 2.75) is 13.0 Å². The Hall–Kier alpha value is -1.88. The first-order valence-electron chi connectivity index (χ1n) is 5.95. The highest BCUT2D eigenvalue weighted by Gasteiger charge is 2.28. The van der Waals surface area contributed by atoms with Gasteiger partial charge in [-0.1, -0.05) is 6.07 Å². The highest BCUT2D eigenvalue weighted by Crippen LogP contribution is 2.29. The maximum absolute atomic E-state index is 11.4. The number of hydrogen-bond acceptors (Lipinski definition) is 4. The molecule has 0 amide bonds. The van der Waals surface area contributed by atoms with Crippen LogP contribution >= 0.6 is 0 Å². The summed E-state index contributed by atoms with van der Waals surface area (Å²) < 4.78 is 5.27. The number of H-pyrrole nitrogens is 1. The van der Waals surface area contributed by atoms with Gasteiger partial charge in [0.1, 0.15) is 0 Å². The predicted octanol–water partition coefficient (Wildman–Crippen LogP) is 1.07. The van der Waals surface area contributed by atoms with E-state index in [1.165, 1.54) is 0 Å². The van der Waals surface area contributed by atoms with Crippen LogP contribution < -0.4 is 10.6 Å². The summed E-state index contributed by atoms with van der Waals surface area (Å²) in [4.78, 5) is 20.2. The third-order valence-corrected chi connectivity index (χ3v) is 3.51. The van der Waals surface area contributed by atoms with Crippen LogP contribution in [0.2, 0.25) is 0 Å². The Balaban J connectivity index is 2.10. The van der Waals surface area contributed by atoms with Crippen molar-refractivity contribution in [1.29, 1.82) is 0 Å². The molecule has 1 fully saturated rings. The normalized spacial score (nSPS) is 16.0. The summed E-state index contributed by atoms with van der Waals surface area (Å²) >= 11 is 0. The van der Waals surface area contributed by atoms with Crippen molar-refractivity contribution in [2.75, 3.05) is 25.1 Å². The van der Waals surface area contributed by atoms with Crippen molar-refractivity contribution in [2.24, 2.45) is 0 Å². The Labute approximate surface area is 104 Å². The fourth-order valence-electron chi connectivity index (χ4n) is 2.32. The fraction of sp³-hybridized carbons (Fsp3) is 0.385. The van der Waals surface area contributed by atoms with Gasteiger partial charge < -0.3 is 14.6 Å². The first-order chi connectivity index (χ1) is 8.69. The molecule has 0 aliphatic carbocycles. The van der Waals surface area contributed by atoms with Crippen LogP contribution in [0, 0.1) is 6.92 Å². The number of aromatic amines is 1. The van der Waals surface area contributed by atoms with Crippen molar-refractivity contribution in [1.82, 2.24) is 9.97 Å². The van der Waals surface area contributed by atoms with E-state index in [0.717, 1.165) is 35.2 Å². The number of methoxy groups -OCH3 is 1. The second-order valence-corrected chi connectivity index (χ2v) is 4.64. The van der Waals surface area contributed by atoms with Gasteiger partial charge in [0.2, 0.25) is 0 Å². The Bertz CT molecular complexity index is 644. The molecule has 5 nitrogen and oxygen atoms in total. The van der Waals surface area contributed by atoms with E-state index in [2.05, 4.69) is 20.9 Å². The molecule has 1 saturated heterocycles. The van der Waals surface area contributed by atoms with Gasteiger partial charge >= 0.3 is 5.69 Å². The average Bonchev–Trinajstić information content (AvgIpc) is 2.30. The summed E-state index contributed by atoms with van der Waals surface area (Å²) in [5.74, 6) is 0. The van der Waals surface area contributed by atoms with E-state index in [0.29, 0.717) is 0 Å². The van der Waals surface area contributed by atoms with Crippen LogP contribution in [-0.4, -0.2) is 36.3 Å². The third kappa shape index (κ3) is 1.67. The van der Waals surface area contributed by atoms with E-state index in [-0.39, 0.29) is 11.8 Å². The average molecular weight is 245 g/mol. The van der Waals surface area contributed by atoms with Crippen LogP contribution in [-0.2, 0) is 4.74 Å². The van der Waals surface area contributed by atoms with Gasteiger partial charge in [-0.2, -0.15) is 0 Å². The summed E-state index contributed by atoms with van der Waals surface area (Å²) in [6, 6.07) is 4.09. The number of nitrogens with zero attached hydrogens (tertiary/aromatic N) is 2. The van der Waals surface area contributed by atoms with E-state index in [4.69, 9.17) is 4.74 Å². The zero-order chi connectivity index (χ0) is 12.7. The van der Waals surface area contributed by atoms with Crippen molar-refractivity contribution < 1.29 is 4.74 Å². The number of aryl methyl sites for hydroxylation is 1. The van der Waals surface area contributed by atoms with E-state index in [1.54, 1.807) is 13.3 Å². The molecule has 5 heteroatoms. The lowest BCUT2D eigenvalue weighted by atomic mass is 10.1. The number of aromatic nitrogens is 2. The topological polar surface area (TPSA) is 58.2 Å². The van der Waals surface area contributed by atoms with Gasteiger partial charge in [0.25, 0.3) is 0 Å². The summed E-state index contributed by atoms with van der Waals surface area (Å²) in [5.41, 5.74) is 2.72. The molecule has 18 heavy (non-hydrogen) atoms. The molecule has 1 aromatic heterocycles. The Morgan fingerprint density at radius 3 is 2.94 bits per heavy atom. The van der Waals surface area contributed by atoms with Crippen molar-refractivity contribution in [3.05, 3.63) is 34.4 Å². The van der Waals surface area contributed by atoms with Gasteiger partial charge in [-0.05, 0) is 18.6 Å². The van der Waals surface area contributed by atoms with E-state index in [1.807, 2.05) is 13.0 Å². The van der Waals surface area contributed by atoms with Crippen molar-refractivity contribution in [3.8, 4) is 0 Å². The predicted molar refractivity (Wildman–Crippen MR) is 70.1 cm³/mol. The molecule has 0 radical (unpaired) electrons. The Morgan fingerprint density at radius 2 is 2.22 bits per heavy atom. The lowest BCUT2D eigenvalue weighted by Crippen LogP contribution is -2.52. The van der Waals surface area contributed by atoms with E-state index < -0.39 is 0 Å². The molecule has 1 aliphatic rings. The van der Waals surface area contributed by atoms with Crippen LogP contribution in [0.4, 0.5) is 5.69 Å². The molecule has 1 aliphatic heterocycles. The first kappa shape index (κ1) is 11.2. The SMILES string of the molecule is COC1CN(c2ccc(C)c3cnc(=O)[nH]c23)C1. The van der Waals surface area contributed by atoms with Gasteiger partial charge in [0.05, 0.1) is 17.3 Å². The molecular weight excluding hydrogens is 230 g/mol. The van der Waals surface area contributed by atoms with Gasteiger partial charge in [-0.25, -0.2) is 9.78 Å². The Kier molecular flexibility index (Phi) is 2.56. The fourth-order valence-corrected chi connectivity index (χ4v) is 2.32. The monoisotopic (exact) mass is 245 g/mol. The highest BCUT2D eigenvalue weighted by atomic mass is 16.5. The zero-order valence-corrected chi connectivity index (χ0v) is 10.4. The molecule has 94 valence electrons. The quantitative estimate of drug-likeness (QED) is 0.859. The van der Waals surface area contributed by atoms with Gasteiger partial charge in [-0.3, -0.25) is 0 Å². The number of fused-ring (bicyclic) bond motifs is 1. The number of ether oxygens (including phenoxy) is 1. The van der Waals surface area contributed by atoms with Crippen molar-refractivity contribution in [3.63, 3.8) is 0 Å². The minimum absolute atomic E-state index is 0.287. The molecule has 0 atom stereocenters. The standard InChI is InChI=1S/C13H15N3O2/c1-8-3-4-11(16-6-9(7-16)18-2)12-10(8)5-14-13(17)15-12/h3-5,9H,6-7H2,1-2H3,(H,14,15,17). The Morgan fingerprint density at radius 1 is 1.44 bits per heavy atom. The maximum atomic E-state index is 11.4. The summed E-state index contributed by atoms with van der Waals surface area (Å²) in [6.07, 6.45) is 1.93. The summed E-state index contributed by atoms with van der Waals surface area (Å²) in [7, 11) is 1.72. The minimum Gasteiger partial charge on any atom is -0.378 e. The molecule has 3 rings (SSSR count). The van der Waals surface area contributed by atoms with Crippen LogP contribution in [0.3, 0.4) is 0 Å². The third-order valence-electron chi connectivity index (χ3n) is 3.51. The molecule has 2 aromatic rings. The number of hydrogen-bond donors (Lipinski definition) is 1.